The van der Waals surface area contributed by atoms with Gasteiger partial charge in [0.05, 0.1) is 12.9 Å². The molecule has 0 aromatic heterocycles. The third kappa shape index (κ3) is 2.36. The highest BCUT2D eigenvalue weighted by atomic mass is 32.2. The van der Waals surface area contributed by atoms with Gasteiger partial charge in [-0.15, -0.1) is 11.8 Å². The van der Waals surface area contributed by atoms with E-state index in [4.69, 9.17) is 5.73 Å². The van der Waals surface area contributed by atoms with Gasteiger partial charge in [-0.25, -0.2) is 0 Å². The number of esters is 1. The molecule has 0 saturated heterocycles. The fraction of sp³-hybridized carbons (Fsp3) is 0.273. The lowest BCUT2D eigenvalue weighted by atomic mass is 10.1. The summed E-state index contributed by atoms with van der Waals surface area (Å²) in [7, 11) is 1.34. The summed E-state index contributed by atoms with van der Waals surface area (Å²) in [5.74, 6) is -0.193. The van der Waals surface area contributed by atoms with E-state index in [1.807, 2.05) is 6.07 Å². The first-order chi connectivity index (χ1) is 8.11. The van der Waals surface area contributed by atoms with E-state index in [1.54, 1.807) is 6.07 Å². The zero-order valence-electron chi connectivity index (χ0n) is 9.28. The van der Waals surface area contributed by atoms with Crippen LogP contribution in [0.4, 0.5) is 5.69 Å². The molecule has 0 atom stereocenters. The van der Waals surface area contributed by atoms with Crippen LogP contribution in [0.15, 0.2) is 17.0 Å². The lowest BCUT2D eigenvalue weighted by molar-refractivity contribution is -0.137. The van der Waals surface area contributed by atoms with E-state index >= 15 is 0 Å². The summed E-state index contributed by atoms with van der Waals surface area (Å²) in [5.41, 5.74) is 7.87. The number of hydrogen-bond donors (Lipinski definition) is 2. The van der Waals surface area contributed by atoms with E-state index in [0.29, 0.717) is 17.8 Å². The van der Waals surface area contributed by atoms with E-state index < -0.39 is 0 Å². The maximum absolute atomic E-state index is 11.4. The molecule has 0 fully saturated rings. The molecule has 1 aliphatic rings. The van der Waals surface area contributed by atoms with Gasteiger partial charge in [-0.05, 0) is 17.7 Å². The highest BCUT2D eigenvalue weighted by Gasteiger charge is 2.20. The third-order valence-corrected chi connectivity index (χ3v) is 3.54. The first-order valence-corrected chi connectivity index (χ1v) is 6.00. The van der Waals surface area contributed by atoms with Gasteiger partial charge >= 0.3 is 5.97 Å². The molecule has 1 aromatic carbocycles. The van der Waals surface area contributed by atoms with Gasteiger partial charge in [0.15, 0.2) is 0 Å². The summed E-state index contributed by atoms with van der Waals surface area (Å²) in [6.07, 6.45) is 0. The second kappa shape index (κ2) is 4.67. The van der Waals surface area contributed by atoms with E-state index in [-0.39, 0.29) is 17.6 Å². The van der Waals surface area contributed by atoms with Crippen LogP contribution in [0, 0.1) is 0 Å². The van der Waals surface area contributed by atoms with E-state index in [1.165, 1.54) is 18.9 Å². The van der Waals surface area contributed by atoms with Crippen molar-refractivity contribution in [3.63, 3.8) is 0 Å². The summed E-state index contributed by atoms with van der Waals surface area (Å²) in [6.45, 7) is 0.514. The molecule has 17 heavy (non-hydrogen) atoms. The number of thioether (sulfide) groups is 1. The van der Waals surface area contributed by atoms with Crippen molar-refractivity contribution in [2.24, 2.45) is 0 Å². The number of nitrogen functional groups attached to an aromatic ring is 1. The number of fused-ring (bicyclic) bond motifs is 1. The van der Waals surface area contributed by atoms with Crippen LogP contribution in [-0.4, -0.2) is 24.7 Å². The van der Waals surface area contributed by atoms with Gasteiger partial charge in [0.25, 0.3) is 5.91 Å². The third-order valence-electron chi connectivity index (χ3n) is 2.49. The van der Waals surface area contributed by atoms with Crippen LogP contribution in [0.3, 0.4) is 0 Å². The lowest BCUT2D eigenvalue weighted by Crippen LogP contribution is -2.12. The Kier molecular flexibility index (Phi) is 3.23. The second-order valence-electron chi connectivity index (χ2n) is 3.59. The smallest absolute Gasteiger partial charge is 0.315 e. The minimum Gasteiger partial charge on any atom is -0.468 e. The van der Waals surface area contributed by atoms with Crippen molar-refractivity contribution in [3.05, 3.63) is 23.3 Å². The molecule has 5 nitrogen and oxygen atoms in total. The zero-order chi connectivity index (χ0) is 12.4. The Morgan fingerprint density at radius 2 is 2.35 bits per heavy atom. The predicted octanol–water partition coefficient (Wildman–Crippen LogP) is 0.777. The molecule has 1 amide bonds. The molecule has 0 saturated carbocycles. The summed E-state index contributed by atoms with van der Waals surface area (Å²) < 4.78 is 4.55. The zero-order valence-corrected chi connectivity index (χ0v) is 10.1. The van der Waals surface area contributed by atoms with Gasteiger partial charge in [0, 0.05) is 22.7 Å². The molecule has 1 aliphatic heterocycles. The Labute approximate surface area is 103 Å². The first-order valence-electron chi connectivity index (χ1n) is 5.02. The minimum absolute atomic E-state index is 0.101. The summed E-state index contributed by atoms with van der Waals surface area (Å²) in [6, 6.07) is 3.49. The number of hydrogen-bond acceptors (Lipinski definition) is 5. The Morgan fingerprint density at radius 1 is 1.59 bits per heavy atom. The van der Waals surface area contributed by atoms with E-state index in [0.717, 1.165) is 10.5 Å². The summed E-state index contributed by atoms with van der Waals surface area (Å²) >= 11 is 1.31. The highest BCUT2D eigenvalue weighted by molar-refractivity contribution is 8.00. The molecule has 90 valence electrons. The molecule has 1 heterocycles. The molecule has 0 bridgehead atoms. The Bertz CT molecular complexity index is 488. The maximum Gasteiger partial charge on any atom is 0.315 e. The van der Waals surface area contributed by atoms with Gasteiger partial charge < -0.3 is 15.8 Å². The minimum atomic E-state index is -0.302. The van der Waals surface area contributed by atoms with Gasteiger partial charge in [-0.1, -0.05) is 0 Å². The average molecular weight is 252 g/mol. The number of amides is 1. The number of anilines is 1. The highest BCUT2D eigenvalue weighted by Crippen LogP contribution is 2.30. The first kappa shape index (κ1) is 11.8. The van der Waals surface area contributed by atoms with Crippen LogP contribution in [-0.2, 0) is 16.1 Å². The number of nitrogens with two attached hydrogens (primary N) is 1. The summed E-state index contributed by atoms with van der Waals surface area (Å²) in [4.78, 5) is 23.2. The number of carbonyl (C=O) groups is 2. The molecule has 3 N–H and O–H groups in total. The monoisotopic (exact) mass is 252 g/mol. The lowest BCUT2D eigenvalue weighted by Gasteiger charge is -2.06. The maximum atomic E-state index is 11.4. The van der Waals surface area contributed by atoms with Crippen molar-refractivity contribution in [1.29, 1.82) is 0 Å². The van der Waals surface area contributed by atoms with Crippen LogP contribution < -0.4 is 11.1 Å². The molecule has 0 spiro atoms. The summed E-state index contributed by atoms with van der Waals surface area (Å²) in [5, 5.41) is 2.72. The molecular weight excluding hydrogens is 240 g/mol. The van der Waals surface area contributed by atoms with Crippen LogP contribution in [0.25, 0.3) is 0 Å². The largest absolute Gasteiger partial charge is 0.468 e. The molecule has 0 unspecified atom stereocenters. The SMILES string of the molecule is COC(=O)CSc1cc2c(cc1N)C(=O)NC2. The Balaban J connectivity index is 2.19. The average Bonchev–Trinajstić information content (AvgIpc) is 2.67. The van der Waals surface area contributed by atoms with Crippen LogP contribution >= 0.6 is 11.8 Å². The van der Waals surface area contributed by atoms with E-state index in [2.05, 4.69) is 10.1 Å². The molecular formula is C11H12N2O3S. The van der Waals surface area contributed by atoms with Crippen LogP contribution in [0.1, 0.15) is 15.9 Å². The number of nitrogens with one attached hydrogen (secondary N) is 1. The number of methoxy groups -OCH3 is 1. The molecule has 0 radical (unpaired) electrons. The molecule has 1 aromatic rings. The van der Waals surface area contributed by atoms with E-state index in [9.17, 15) is 9.59 Å². The normalized spacial score (nSPS) is 13.1. The second-order valence-corrected chi connectivity index (χ2v) is 4.61. The Morgan fingerprint density at radius 3 is 3.06 bits per heavy atom. The number of benzene rings is 1. The quantitative estimate of drug-likeness (QED) is 0.472. The van der Waals surface area contributed by atoms with Crippen LogP contribution in [0.5, 0.6) is 0 Å². The predicted molar refractivity (Wildman–Crippen MR) is 64.8 cm³/mol. The Hall–Kier alpha value is -1.69. The van der Waals surface area contributed by atoms with Crippen molar-refractivity contribution in [2.45, 2.75) is 11.4 Å². The van der Waals surface area contributed by atoms with Gasteiger partial charge in [0.1, 0.15) is 0 Å². The van der Waals surface area contributed by atoms with Crippen molar-refractivity contribution in [3.8, 4) is 0 Å². The molecule has 6 heteroatoms. The number of ether oxygens (including phenoxy) is 1. The van der Waals surface area contributed by atoms with Crippen molar-refractivity contribution >= 4 is 29.3 Å². The standard InChI is InChI=1S/C11H12N2O3S/c1-16-10(14)5-17-9-2-6-4-13-11(15)7(6)3-8(9)12/h2-3H,4-5,12H2,1H3,(H,13,15). The van der Waals surface area contributed by atoms with Gasteiger partial charge in [-0.3, -0.25) is 9.59 Å². The number of rotatable bonds is 3. The molecule has 2 rings (SSSR count). The fourth-order valence-corrected chi connectivity index (χ4v) is 2.43. The fourth-order valence-electron chi connectivity index (χ4n) is 1.59. The van der Waals surface area contributed by atoms with Gasteiger partial charge in [0.2, 0.25) is 0 Å². The van der Waals surface area contributed by atoms with Crippen molar-refractivity contribution in [2.75, 3.05) is 18.6 Å². The topological polar surface area (TPSA) is 81.4 Å². The van der Waals surface area contributed by atoms with Gasteiger partial charge in [-0.2, -0.15) is 0 Å². The molecule has 0 aliphatic carbocycles. The number of carbonyl (C=O) groups excluding carboxylic acids is 2. The van der Waals surface area contributed by atoms with Crippen LogP contribution in [0.2, 0.25) is 0 Å². The van der Waals surface area contributed by atoms with Crippen molar-refractivity contribution in [1.82, 2.24) is 5.32 Å². The van der Waals surface area contributed by atoms with Crippen molar-refractivity contribution < 1.29 is 14.3 Å².